The predicted octanol–water partition coefficient (Wildman–Crippen LogP) is 4.13. The van der Waals surface area contributed by atoms with Gasteiger partial charge in [0.25, 0.3) is 12.3 Å². The summed E-state index contributed by atoms with van der Waals surface area (Å²) in [7, 11) is 0. The molecule has 42 heavy (non-hydrogen) atoms. The molecule has 0 saturated carbocycles. The maximum absolute atomic E-state index is 16.3. The Morgan fingerprint density at radius 3 is 2.45 bits per heavy atom. The Labute approximate surface area is 242 Å². The van der Waals surface area contributed by atoms with Crippen molar-refractivity contribution < 1.29 is 37.4 Å². The molecule has 2 saturated heterocycles. The first-order valence-corrected chi connectivity index (χ1v) is 14.4. The van der Waals surface area contributed by atoms with E-state index in [2.05, 4.69) is 10.2 Å². The van der Waals surface area contributed by atoms with E-state index in [0.717, 1.165) is 5.56 Å². The van der Waals surface area contributed by atoms with Crippen molar-refractivity contribution in [2.24, 2.45) is 5.41 Å². The summed E-state index contributed by atoms with van der Waals surface area (Å²) in [6.07, 6.45) is -0.840. The number of carbonyl (C=O) groups is 3. The molecule has 2 fully saturated rings. The van der Waals surface area contributed by atoms with Crippen molar-refractivity contribution >= 4 is 17.7 Å². The summed E-state index contributed by atoms with van der Waals surface area (Å²) >= 11 is 0. The summed E-state index contributed by atoms with van der Waals surface area (Å²) in [4.78, 5) is 40.7. The maximum Gasteiger partial charge on any atom is 0.272 e. The first-order chi connectivity index (χ1) is 20.0. The van der Waals surface area contributed by atoms with Gasteiger partial charge >= 0.3 is 0 Å². The van der Waals surface area contributed by atoms with Crippen molar-refractivity contribution in [2.45, 2.75) is 77.1 Å². The number of nitrogens with one attached hydrogen (secondary N) is 1. The van der Waals surface area contributed by atoms with E-state index in [4.69, 9.17) is 4.74 Å². The number of halogens is 3. The maximum atomic E-state index is 16.3. The summed E-state index contributed by atoms with van der Waals surface area (Å²) in [5, 5.41) is 14.5. The third-order valence-corrected chi connectivity index (χ3v) is 9.35. The van der Waals surface area contributed by atoms with Gasteiger partial charge in [-0.1, -0.05) is 32.0 Å². The minimum Gasteiger partial charge on any atom is -0.488 e. The van der Waals surface area contributed by atoms with Crippen LogP contribution in [0.2, 0.25) is 0 Å². The molecule has 2 atom stereocenters. The van der Waals surface area contributed by atoms with Crippen molar-refractivity contribution in [3.05, 3.63) is 64.5 Å². The molecule has 0 aliphatic carbocycles. The van der Waals surface area contributed by atoms with Crippen LogP contribution in [0.1, 0.15) is 73.0 Å². The largest absolute Gasteiger partial charge is 0.488 e. The van der Waals surface area contributed by atoms with Gasteiger partial charge < -0.3 is 14.7 Å². The molecule has 0 bridgehead atoms. The van der Waals surface area contributed by atoms with Crippen molar-refractivity contribution in [3.63, 3.8) is 0 Å². The zero-order valence-electron chi connectivity index (χ0n) is 23.8. The van der Waals surface area contributed by atoms with E-state index >= 15 is 4.39 Å². The van der Waals surface area contributed by atoms with E-state index in [1.807, 2.05) is 26.0 Å². The second-order valence-electron chi connectivity index (χ2n) is 11.5. The van der Waals surface area contributed by atoms with Crippen LogP contribution in [0.3, 0.4) is 0 Å². The lowest BCUT2D eigenvalue weighted by Crippen LogP contribution is -2.57. The number of nitrogens with zero attached hydrogens (tertiary/aromatic N) is 2. The number of aliphatic hydroxyl groups is 1. The molecule has 226 valence electrons. The van der Waals surface area contributed by atoms with Crippen LogP contribution < -0.4 is 10.1 Å². The number of hydrogen-bond donors (Lipinski definition) is 2. The van der Waals surface area contributed by atoms with E-state index in [0.29, 0.717) is 38.2 Å². The number of alkyl halides is 2. The number of likely N-dealkylation sites (tertiary alicyclic amines) is 1. The Morgan fingerprint density at radius 1 is 1.10 bits per heavy atom. The van der Waals surface area contributed by atoms with E-state index in [-0.39, 0.29) is 42.5 Å². The topological polar surface area (TPSA) is 99.2 Å². The second-order valence-corrected chi connectivity index (χ2v) is 11.5. The van der Waals surface area contributed by atoms with Crippen LogP contribution in [0.5, 0.6) is 5.75 Å². The number of benzene rings is 2. The third kappa shape index (κ3) is 5.28. The Hall–Kier alpha value is -3.44. The molecule has 0 spiro atoms. The normalized spacial score (nSPS) is 24.2. The number of carbonyl (C=O) groups excluding carboxylic acids is 3. The lowest BCUT2D eigenvalue weighted by atomic mass is 9.61. The molecule has 3 aliphatic rings. The Bertz CT molecular complexity index is 1360. The first-order valence-electron chi connectivity index (χ1n) is 14.4. The quantitative estimate of drug-likeness (QED) is 0.428. The number of ether oxygens (including phenoxy) is 1. The molecule has 0 radical (unpaired) electrons. The van der Waals surface area contributed by atoms with Gasteiger partial charge in [0.1, 0.15) is 29.8 Å². The van der Waals surface area contributed by atoms with Crippen LogP contribution in [0, 0.1) is 11.2 Å². The molecule has 2 aromatic rings. The summed E-state index contributed by atoms with van der Waals surface area (Å²) in [6.45, 7) is 4.73. The van der Waals surface area contributed by atoms with Crippen LogP contribution in [0.15, 0.2) is 36.4 Å². The standard InChI is InChI=1S/C31H36F3N3O5/c1-3-30(4-2)18-36(15-19-5-7-20(8-6-19)42-17-25(32)33)14-13-31(30,41)23-10-9-21-22(27(23)34)16-37(29(21)40)24-11-12-26(38)35-28(24)39/h5-10,24-25,41H,3-4,11-18H2,1-2H3,(H,35,38,39). The van der Waals surface area contributed by atoms with Crippen LogP contribution in [-0.4, -0.2) is 64.8 Å². The molecule has 8 nitrogen and oxygen atoms in total. The molecule has 2 aromatic carbocycles. The smallest absolute Gasteiger partial charge is 0.272 e. The van der Waals surface area contributed by atoms with E-state index in [1.54, 1.807) is 18.2 Å². The van der Waals surface area contributed by atoms with Crippen LogP contribution >= 0.6 is 0 Å². The summed E-state index contributed by atoms with van der Waals surface area (Å²) in [5.74, 6) is -1.68. The van der Waals surface area contributed by atoms with Gasteiger partial charge in [-0.2, -0.15) is 0 Å². The number of imide groups is 1. The first kappa shape index (κ1) is 30.0. The van der Waals surface area contributed by atoms with Crippen molar-refractivity contribution in [1.29, 1.82) is 0 Å². The molecule has 5 rings (SSSR count). The molecule has 3 aliphatic heterocycles. The average molecular weight is 588 g/mol. The molecule has 2 N–H and O–H groups in total. The van der Waals surface area contributed by atoms with Crippen molar-refractivity contribution in [2.75, 3.05) is 19.7 Å². The Morgan fingerprint density at radius 2 is 1.81 bits per heavy atom. The van der Waals surface area contributed by atoms with Gasteiger partial charge in [-0.15, -0.1) is 0 Å². The highest BCUT2D eigenvalue weighted by atomic mass is 19.3. The fourth-order valence-corrected chi connectivity index (χ4v) is 6.87. The predicted molar refractivity (Wildman–Crippen MR) is 147 cm³/mol. The lowest BCUT2D eigenvalue weighted by Gasteiger charge is -2.54. The molecule has 0 aromatic heterocycles. The highest BCUT2D eigenvalue weighted by molar-refractivity contribution is 6.05. The molecule has 3 amide bonds. The number of hydrogen-bond acceptors (Lipinski definition) is 6. The molecule has 11 heteroatoms. The highest BCUT2D eigenvalue weighted by Crippen LogP contribution is 2.52. The lowest BCUT2D eigenvalue weighted by molar-refractivity contribution is -0.150. The van der Waals surface area contributed by atoms with Crippen LogP contribution in [0.4, 0.5) is 13.2 Å². The van der Waals surface area contributed by atoms with Gasteiger partial charge in [0.15, 0.2) is 0 Å². The van der Waals surface area contributed by atoms with Gasteiger partial charge in [0.2, 0.25) is 11.8 Å². The van der Waals surface area contributed by atoms with E-state index in [1.165, 1.54) is 11.0 Å². The van der Waals surface area contributed by atoms with Crippen LogP contribution in [0.25, 0.3) is 0 Å². The number of amides is 3. The fraction of sp³-hybridized carbons (Fsp3) is 0.516. The molecular formula is C31H36F3N3O5. The van der Waals surface area contributed by atoms with Gasteiger partial charge in [-0.3, -0.25) is 24.6 Å². The Kier molecular flexibility index (Phi) is 8.35. The van der Waals surface area contributed by atoms with Gasteiger partial charge in [-0.25, -0.2) is 13.2 Å². The van der Waals surface area contributed by atoms with Gasteiger partial charge in [0.05, 0.1) is 6.54 Å². The summed E-state index contributed by atoms with van der Waals surface area (Å²) in [5.41, 5.74) is -0.740. The van der Waals surface area contributed by atoms with E-state index in [9.17, 15) is 28.3 Å². The Balaban J connectivity index is 1.36. The number of fused-ring (bicyclic) bond motifs is 1. The minimum atomic E-state index is -2.55. The monoisotopic (exact) mass is 587 g/mol. The van der Waals surface area contributed by atoms with Crippen molar-refractivity contribution in [1.82, 2.24) is 15.1 Å². The van der Waals surface area contributed by atoms with E-state index < -0.39 is 53.6 Å². The van der Waals surface area contributed by atoms with Crippen LogP contribution in [-0.2, 0) is 28.3 Å². The SMILES string of the molecule is CCC1(CC)CN(Cc2ccc(OCC(F)F)cc2)CCC1(O)c1ccc2c(c1F)CN(C1CCC(=O)NC1=O)C2=O. The zero-order chi connectivity index (χ0) is 30.2. The summed E-state index contributed by atoms with van der Waals surface area (Å²) < 4.78 is 46.3. The highest BCUT2D eigenvalue weighted by Gasteiger charge is 2.54. The summed E-state index contributed by atoms with van der Waals surface area (Å²) in [6, 6.07) is 9.16. The minimum absolute atomic E-state index is 0.104. The number of rotatable bonds is 9. The number of piperidine rings is 2. The van der Waals surface area contributed by atoms with Gasteiger partial charge in [-0.05, 0) is 49.4 Å². The van der Waals surface area contributed by atoms with Crippen molar-refractivity contribution in [3.8, 4) is 5.75 Å². The zero-order valence-corrected chi connectivity index (χ0v) is 23.8. The van der Waals surface area contributed by atoms with Gasteiger partial charge in [0, 0.05) is 48.2 Å². The molecule has 3 heterocycles. The third-order valence-electron chi connectivity index (χ3n) is 9.35. The average Bonchev–Trinajstić information content (AvgIpc) is 3.30. The molecule has 2 unspecified atom stereocenters. The molecular weight excluding hydrogens is 551 g/mol. The fourth-order valence-electron chi connectivity index (χ4n) is 6.87. The second kappa shape index (κ2) is 11.7.